The number of halogens is 2. The zero-order valence-electron chi connectivity index (χ0n) is 12.7. The molecule has 4 nitrogen and oxygen atoms in total. The first-order valence-corrected chi connectivity index (χ1v) is 8.59. The van der Waals surface area contributed by atoms with E-state index in [1.165, 1.54) is 17.4 Å². The molecule has 2 N–H and O–H groups in total. The van der Waals surface area contributed by atoms with Crippen LogP contribution in [0.1, 0.15) is 32.8 Å². The van der Waals surface area contributed by atoms with Gasteiger partial charge < -0.3 is 5.73 Å². The molecule has 1 atom stereocenters. The summed E-state index contributed by atoms with van der Waals surface area (Å²) in [5.41, 5.74) is 5.75. The van der Waals surface area contributed by atoms with Crippen molar-refractivity contribution in [1.29, 1.82) is 0 Å². The van der Waals surface area contributed by atoms with Crippen LogP contribution in [0.4, 0.5) is 4.39 Å². The molecular weight excluding hydrogens is 315 g/mol. The van der Waals surface area contributed by atoms with Crippen LogP contribution in [0, 0.1) is 11.7 Å². The Labute approximate surface area is 131 Å². The second-order valence-corrected chi connectivity index (χ2v) is 7.96. The van der Waals surface area contributed by atoms with Gasteiger partial charge in [0.1, 0.15) is 5.82 Å². The summed E-state index contributed by atoms with van der Waals surface area (Å²) in [4.78, 5) is -0.122. The summed E-state index contributed by atoms with van der Waals surface area (Å²) in [6.07, 6.45) is 0.718. The van der Waals surface area contributed by atoms with Crippen LogP contribution in [-0.4, -0.2) is 25.8 Å². The van der Waals surface area contributed by atoms with Crippen molar-refractivity contribution in [2.24, 2.45) is 11.7 Å². The van der Waals surface area contributed by atoms with Crippen molar-refractivity contribution in [2.75, 3.05) is 7.05 Å². The first kappa shape index (κ1) is 18.4. The highest BCUT2D eigenvalue weighted by Crippen LogP contribution is 2.27. The predicted molar refractivity (Wildman–Crippen MR) is 83.2 cm³/mol. The molecule has 21 heavy (non-hydrogen) atoms. The molecule has 0 radical (unpaired) electrons. The van der Waals surface area contributed by atoms with E-state index >= 15 is 0 Å². The molecule has 7 heteroatoms. The van der Waals surface area contributed by atoms with Gasteiger partial charge in [-0.1, -0.05) is 25.4 Å². The van der Waals surface area contributed by atoms with E-state index in [9.17, 15) is 12.8 Å². The van der Waals surface area contributed by atoms with Crippen LogP contribution in [0.15, 0.2) is 17.0 Å². The van der Waals surface area contributed by atoms with Crippen LogP contribution in [0.25, 0.3) is 0 Å². The highest BCUT2D eigenvalue weighted by atomic mass is 35.5. The Hall–Kier alpha value is -0.690. The van der Waals surface area contributed by atoms with E-state index in [1.54, 1.807) is 0 Å². The summed E-state index contributed by atoms with van der Waals surface area (Å²) < 4.78 is 40.1. The van der Waals surface area contributed by atoms with Gasteiger partial charge in [0.15, 0.2) is 0 Å². The van der Waals surface area contributed by atoms with Crippen molar-refractivity contribution in [3.05, 3.63) is 28.5 Å². The van der Waals surface area contributed by atoms with Crippen LogP contribution in [-0.2, 0) is 16.6 Å². The molecule has 0 aliphatic carbocycles. The third kappa shape index (κ3) is 4.16. The molecule has 0 aliphatic rings. The maximum absolute atomic E-state index is 13.8. The number of nitrogens with two attached hydrogens (primary N) is 1. The summed E-state index contributed by atoms with van der Waals surface area (Å²) in [7, 11) is -2.28. The Balaban J connectivity index is 3.22. The second-order valence-electron chi connectivity index (χ2n) is 5.58. The van der Waals surface area contributed by atoms with Gasteiger partial charge in [-0.2, -0.15) is 4.31 Å². The van der Waals surface area contributed by atoms with E-state index in [0.717, 1.165) is 12.5 Å². The minimum Gasteiger partial charge on any atom is -0.326 e. The lowest BCUT2D eigenvalue weighted by Gasteiger charge is -2.26. The molecule has 0 heterocycles. The lowest BCUT2D eigenvalue weighted by molar-refractivity contribution is 0.337. The average Bonchev–Trinajstić information content (AvgIpc) is 2.39. The molecule has 1 rings (SSSR count). The van der Waals surface area contributed by atoms with Gasteiger partial charge in [0, 0.05) is 19.6 Å². The zero-order valence-corrected chi connectivity index (χ0v) is 14.3. The molecule has 0 aromatic heterocycles. The lowest BCUT2D eigenvalue weighted by atomic mass is 10.1. The Kier molecular flexibility index (Phi) is 6.16. The number of sulfonamides is 1. The minimum atomic E-state index is -3.78. The SMILES string of the molecule is CC(C)CC(C)N(C)S(=O)(=O)c1cc(F)c(Cl)c(CN)c1. The molecule has 0 saturated heterocycles. The van der Waals surface area contributed by atoms with Gasteiger partial charge in [0.25, 0.3) is 0 Å². The van der Waals surface area contributed by atoms with Crippen molar-refractivity contribution in [3.63, 3.8) is 0 Å². The Morgan fingerprint density at radius 3 is 2.38 bits per heavy atom. The highest BCUT2D eigenvalue weighted by Gasteiger charge is 2.27. The predicted octanol–water partition coefficient (Wildman–Crippen LogP) is 2.99. The maximum atomic E-state index is 13.8. The van der Waals surface area contributed by atoms with Crippen LogP contribution >= 0.6 is 11.6 Å². The van der Waals surface area contributed by atoms with Gasteiger partial charge in [-0.05, 0) is 37.0 Å². The first-order valence-electron chi connectivity index (χ1n) is 6.77. The van der Waals surface area contributed by atoms with Gasteiger partial charge in [0.05, 0.1) is 9.92 Å². The summed E-state index contributed by atoms with van der Waals surface area (Å²) >= 11 is 5.76. The number of hydrogen-bond acceptors (Lipinski definition) is 3. The second kappa shape index (κ2) is 7.05. The van der Waals surface area contributed by atoms with E-state index in [2.05, 4.69) is 0 Å². The van der Waals surface area contributed by atoms with Crippen molar-refractivity contribution < 1.29 is 12.8 Å². The molecule has 1 unspecified atom stereocenters. The molecule has 0 saturated carbocycles. The standard InChI is InChI=1S/C14H22ClFN2O2S/c1-9(2)5-10(3)18(4)21(19,20)12-6-11(8-17)14(15)13(16)7-12/h6-7,9-10H,5,8,17H2,1-4H3. The van der Waals surface area contributed by atoms with Gasteiger partial charge in [-0.25, -0.2) is 12.8 Å². The minimum absolute atomic E-state index is 0.0234. The fraction of sp³-hybridized carbons (Fsp3) is 0.571. The molecule has 1 aromatic carbocycles. The number of benzene rings is 1. The van der Waals surface area contributed by atoms with Crippen LogP contribution < -0.4 is 5.73 Å². The number of nitrogens with zero attached hydrogens (tertiary/aromatic N) is 1. The fourth-order valence-corrected chi connectivity index (χ4v) is 3.77. The van der Waals surface area contributed by atoms with E-state index in [0.29, 0.717) is 5.92 Å². The maximum Gasteiger partial charge on any atom is 0.243 e. The Morgan fingerprint density at radius 1 is 1.33 bits per heavy atom. The first-order chi connectivity index (χ1) is 9.61. The van der Waals surface area contributed by atoms with Crippen LogP contribution in [0.2, 0.25) is 5.02 Å². The molecular formula is C14H22ClFN2O2S. The third-order valence-electron chi connectivity index (χ3n) is 3.41. The molecule has 0 spiro atoms. The Bertz CT molecular complexity index is 605. The molecule has 0 bridgehead atoms. The third-order valence-corrected chi connectivity index (χ3v) is 5.78. The topological polar surface area (TPSA) is 63.4 Å². The molecule has 0 amide bonds. The average molecular weight is 337 g/mol. The largest absolute Gasteiger partial charge is 0.326 e. The number of hydrogen-bond donors (Lipinski definition) is 1. The van der Waals surface area contributed by atoms with E-state index < -0.39 is 15.8 Å². The quantitative estimate of drug-likeness (QED) is 0.868. The van der Waals surface area contributed by atoms with E-state index in [1.807, 2.05) is 20.8 Å². The van der Waals surface area contributed by atoms with Gasteiger partial charge in [-0.15, -0.1) is 0 Å². The molecule has 0 aliphatic heterocycles. The van der Waals surface area contributed by atoms with Crippen molar-refractivity contribution in [3.8, 4) is 0 Å². The zero-order chi connectivity index (χ0) is 16.4. The molecule has 0 fully saturated rings. The van der Waals surface area contributed by atoms with Crippen LogP contribution in [0.3, 0.4) is 0 Å². The lowest BCUT2D eigenvalue weighted by Crippen LogP contribution is -2.36. The van der Waals surface area contributed by atoms with Gasteiger partial charge in [-0.3, -0.25) is 0 Å². The van der Waals surface area contributed by atoms with Gasteiger partial charge in [0.2, 0.25) is 10.0 Å². The van der Waals surface area contributed by atoms with E-state index in [4.69, 9.17) is 17.3 Å². The summed E-state index contributed by atoms with van der Waals surface area (Å²) in [6.45, 7) is 5.84. The Morgan fingerprint density at radius 2 is 1.90 bits per heavy atom. The van der Waals surface area contributed by atoms with E-state index in [-0.39, 0.29) is 28.1 Å². The van der Waals surface area contributed by atoms with Crippen molar-refractivity contribution in [1.82, 2.24) is 4.31 Å². The molecule has 120 valence electrons. The molecule has 1 aromatic rings. The van der Waals surface area contributed by atoms with Crippen LogP contribution in [0.5, 0.6) is 0 Å². The van der Waals surface area contributed by atoms with Gasteiger partial charge >= 0.3 is 0 Å². The summed E-state index contributed by atoms with van der Waals surface area (Å²) in [6, 6.07) is 2.09. The van der Waals surface area contributed by atoms with Crippen molar-refractivity contribution in [2.45, 2.75) is 44.7 Å². The summed E-state index contributed by atoms with van der Waals surface area (Å²) in [5.74, 6) is -0.415. The monoisotopic (exact) mass is 336 g/mol. The summed E-state index contributed by atoms with van der Waals surface area (Å²) in [5, 5.41) is -0.130. The normalized spacial score (nSPS) is 14.0. The smallest absolute Gasteiger partial charge is 0.243 e. The highest BCUT2D eigenvalue weighted by molar-refractivity contribution is 7.89. The van der Waals surface area contributed by atoms with Crippen molar-refractivity contribution >= 4 is 21.6 Å². The number of rotatable bonds is 6. The fourth-order valence-electron chi connectivity index (χ4n) is 2.15.